The first-order chi connectivity index (χ1) is 9.16. The van der Waals surface area contributed by atoms with Crippen LogP contribution in [0.4, 0.5) is 0 Å². The van der Waals surface area contributed by atoms with Gasteiger partial charge in [-0.25, -0.2) is 0 Å². The normalized spacial score (nSPS) is 11.3. The van der Waals surface area contributed by atoms with E-state index in [2.05, 4.69) is 27.4 Å². The third-order valence-electron chi connectivity index (χ3n) is 3.72. The van der Waals surface area contributed by atoms with E-state index in [1.54, 1.807) is 0 Å². The number of allylic oxidation sites excluding steroid dienone is 1. The van der Waals surface area contributed by atoms with Crippen molar-refractivity contribution >= 4 is 5.97 Å². The van der Waals surface area contributed by atoms with E-state index in [9.17, 15) is 4.79 Å². The largest absolute Gasteiger partial charge is 0.465 e. The topological polar surface area (TPSA) is 26.3 Å². The van der Waals surface area contributed by atoms with Gasteiger partial charge >= 0.3 is 5.97 Å². The molecule has 0 rings (SSSR count). The summed E-state index contributed by atoms with van der Waals surface area (Å²) in [5.74, 6) is 0.00255. The molecule has 0 radical (unpaired) electrons. The second-order valence-corrected chi connectivity index (χ2v) is 5.47. The van der Waals surface area contributed by atoms with E-state index in [4.69, 9.17) is 4.74 Å². The lowest BCUT2D eigenvalue weighted by atomic mass is 9.75. The zero-order valence-electron chi connectivity index (χ0n) is 13.2. The summed E-state index contributed by atoms with van der Waals surface area (Å²) in [5, 5.41) is 0. The highest BCUT2D eigenvalue weighted by Crippen LogP contribution is 2.36. The van der Waals surface area contributed by atoms with Gasteiger partial charge in [0, 0.05) is 0 Å². The Morgan fingerprint density at radius 3 is 2.00 bits per heavy atom. The van der Waals surface area contributed by atoms with Crippen LogP contribution in [0.3, 0.4) is 0 Å². The average molecular weight is 268 g/mol. The number of carbonyl (C=O) groups is 1. The summed E-state index contributed by atoms with van der Waals surface area (Å²) in [7, 11) is 0. The summed E-state index contributed by atoms with van der Waals surface area (Å²) < 4.78 is 5.51. The van der Waals surface area contributed by atoms with Gasteiger partial charge in [-0.3, -0.25) is 4.79 Å². The lowest BCUT2D eigenvalue weighted by Gasteiger charge is -2.30. The number of hydrogen-bond donors (Lipinski definition) is 0. The quantitative estimate of drug-likeness (QED) is 0.274. The van der Waals surface area contributed by atoms with Crippen molar-refractivity contribution in [2.45, 2.75) is 78.6 Å². The van der Waals surface area contributed by atoms with Gasteiger partial charge in [0.15, 0.2) is 0 Å². The highest BCUT2D eigenvalue weighted by molar-refractivity contribution is 5.77. The van der Waals surface area contributed by atoms with Crippen LogP contribution in [0, 0.1) is 5.41 Å². The standard InChI is InChI=1S/C17H32O2/c1-5-9-13-17(12-8-4,14-10-6-2)16(18)19-15-11-7-3/h8H,4-7,9-15H2,1-3H3. The van der Waals surface area contributed by atoms with Gasteiger partial charge in [-0.2, -0.15) is 0 Å². The van der Waals surface area contributed by atoms with E-state index in [0.717, 1.165) is 57.8 Å². The number of unbranched alkanes of at least 4 members (excludes halogenated alkanes) is 3. The predicted octanol–water partition coefficient (Wildman–Crippen LogP) is 5.27. The van der Waals surface area contributed by atoms with Gasteiger partial charge in [0.1, 0.15) is 0 Å². The van der Waals surface area contributed by atoms with E-state index >= 15 is 0 Å². The van der Waals surface area contributed by atoms with Crippen molar-refractivity contribution in [2.24, 2.45) is 5.41 Å². The maximum absolute atomic E-state index is 12.5. The minimum Gasteiger partial charge on any atom is -0.465 e. The second-order valence-electron chi connectivity index (χ2n) is 5.47. The summed E-state index contributed by atoms with van der Waals surface area (Å²) >= 11 is 0. The van der Waals surface area contributed by atoms with Gasteiger partial charge in [-0.15, -0.1) is 6.58 Å². The Morgan fingerprint density at radius 2 is 1.58 bits per heavy atom. The van der Waals surface area contributed by atoms with Gasteiger partial charge in [-0.1, -0.05) is 59.0 Å². The van der Waals surface area contributed by atoms with Gasteiger partial charge < -0.3 is 4.74 Å². The SMILES string of the molecule is C=CCC(CCCC)(CCCC)C(=O)OCCCC. The molecule has 0 spiro atoms. The average Bonchev–Trinajstić information content (AvgIpc) is 2.42. The van der Waals surface area contributed by atoms with Crippen LogP contribution in [0.15, 0.2) is 12.7 Å². The highest BCUT2D eigenvalue weighted by atomic mass is 16.5. The van der Waals surface area contributed by atoms with Crippen molar-refractivity contribution in [2.75, 3.05) is 6.61 Å². The van der Waals surface area contributed by atoms with Gasteiger partial charge in [0.05, 0.1) is 12.0 Å². The highest BCUT2D eigenvalue weighted by Gasteiger charge is 2.37. The van der Waals surface area contributed by atoms with Gasteiger partial charge in [-0.05, 0) is 25.7 Å². The maximum Gasteiger partial charge on any atom is 0.312 e. The maximum atomic E-state index is 12.5. The first-order valence-electron chi connectivity index (χ1n) is 7.95. The fraction of sp³-hybridized carbons (Fsp3) is 0.824. The Kier molecular flexibility index (Phi) is 10.6. The van der Waals surface area contributed by atoms with Crippen molar-refractivity contribution in [3.05, 3.63) is 12.7 Å². The van der Waals surface area contributed by atoms with Crippen molar-refractivity contribution < 1.29 is 9.53 Å². The Bertz CT molecular complexity index is 238. The first-order valence-corrected chi connectivity index (χ1v) is 7.95. The zero-order chi connectivity index (χ0) is 14.6. The molecule has 2 heteroatoms. The zero-order valence-corrected chi connectivity index (χ0v) is 13.2. The predicted molar refractivity (Wildman–Crippen MR) is 82.2 cm³/mol. The Morgan fingerprint density at radius 1 is 1.05 bits per heavy atom. The van der Waals surface area contributed by atoms with Crippen LogP contribution in [-0.2, 0) is 9.53 Å². The van der Waals surface area contributed by atoms with E-state index in [1.807, 2.05) is 6.08 Å². The van der Waals surface area contributed by atoms with E-state index in [0.29, 0.717) is 6.61 Å². The molecule has 0 bridgehead atoms. The molecular formula is C17H32O2. The Balaban J connectivity index is 4.72. The number of carbonyl (C=O) groups excluding carboxylic acids is 1. The van der Waals surface area contributed by atoms with Crippen molar-refractivity contribution in [3.8, 4) is 0 Å². The number of esters is 1. The molecule has 0 amide bonds. The minimum atomic E-state index is -0.318. The van der Waals surface area contributed by atoms with Crippen LogP contribution in [0.2, 0.25) is 0 Å². The monoisotopic (exact) mass is 268 g/mol. The molecule has 0 fully saturated rings. The summed E-state index contributed by atoms with van der Waals surface area (Å²) in [4.78, 5) is 12.5. The number of ether oxygens (including phenoxy) is 1. The van der Waals surface area contributed by atoms with Crippen LogP contribution >= 0.6 is 0 Å². The Labute approximate surface area is 119 Å². The van der Waals surface area contributed by atoms with Gasteiger partial charge in [0.2, 0.25) is 0 Å². The molecule has 19 heavy (non-hydrogen) atoms. The minimum absolute atomic E-state index is 0.00255. The van der Waals surface area contributed by atoms with Crippen LogP contribution in [0.5, 0.6) is 0 Å². The summed E-state index contributed by atoms with van der Waals surface area (Å²) in [6.07, 6.45) is 10.9. The molecule has 0 atom stereocenters. The van der Waals surface area contributed by atoms with E-state index in [1.165, 1.54) is 0 Å². The van der Waals surface area contributed by atoms with Crippen LogP contribution in [0.1, 0.15) is 78.6 Å². The summed E-state index contributed by atoms with van der Waals surface area (Å²) in [5.41, 5.74) is -0.318. The smallest absolute Gasteiger partial charge is 0.312 e. The second kappa shape index (κ2) is 11.1. The Hall–Kier alpha value is -0.790. The third kappa shape index (κ3) is 6.79. The molecule has 0 aromatic heterocycles. The molecule has 0 aliphatic rings. The molecule has 0 aliphatic heterocycles. The van der Waals surface area contributed by atoms with Crippen molar-refractivity contribution in [1.29, 1.82) is 0 Å². The summed E-state index contributed by atoms with van der Waals surface area (Å²) in [6, 6.07) is 0. The van der Waals surface area contributed by atoms with Crippen LogP contribution in [0.25, 0.3) is 0 Å². The lowest BCUT2D eigenvalue weighted by molar-refractivity contribution is -0.157. The number of hydrogen-bond acceptors (Lipinski definition) is 2. The fourth-order valence-corrected chi connectivity index (χ4v) is 2.39. The fourth-order valence-electron chi connectivity index (χ4n) is 2.39. The number of rotatable bonds is 12. The molecule has 112 valence electrons. The molecule has 0 aromatic carbocycles. The third-order valence-corrected chi connectivity index (χ3v) is 3.72. The molecule has 0 aliphatic carbocycles. The summed E-state index contributed by atoms with van der Waals surface area (Å²) in [6.45, 7) is 10.8. The van der Waals surface area contributed by atoms with Crippen LogP contribution < -0.4 is 0 Å². The molecule has 0 aromatic rings. The molecule has 0 heterocycles. The van der Waals surface area contributed by atoms with Gasteiger partial charge in [0.25, 0.3) is 0 Å². The molecule has 0 unspecified atom stereocenters. The molecule has 0 saturated carbocycles. The first kappa shape index (κ1) is 18.2. The molecular weight excluding hydrogens is 236 g/mol. The van der Waals surface area contributed by atoms with Crippen molar-refractivity contribution in [3.63, 3.8) is 0 Å². The van der Waals surface area contributed by atoms with E-state index in [-0.39, 0.29) is 11.4 Å². The lowest BCUT2D eigenvalue weighted by Crippen LogP contribution is -2.33. The molecule has 2 nitrogen and oxygen atoms in total. The van der Waals surface area contributed by atoms with E-state index < -0.39 is 0 Å². The van der Waals surface area contributed by atoms with Crippen LogP contribution in [-0.4, -0.2) is 12.6 Å². The molecule has 0 saturated heterocycles. The van der Waals surface area contributed by atoms with Crippen molar-refractivity contribution in [1.82, 2.24) is 0 Å². The molecule has 0 N–H and O–H groups in total.